The van der Waals surface area contributed by atoms with Crippen LogP contribution in [0.3, 0.4) is 0 Å². The molecule has 1 aliphatic heterocycles. The van der Waals surface area contributed by atoms with Gasteiger partial charge in [-0.1, -0.05) is 36.1 Å². The molecular formula is C16H17N3. The maximum absolute atomic E-state index is 4.25. The van der Waals surface area contributed by atoms with E-state index in [0.29, 0.717) is 0 Å². The molecule has 0 atom stereocenters. The minimum atomic E-state index is 0.838. The lowest BCUT2D eigenvalue weighted by Crippen LogP contribution is -2.43. The monoisotopic (exact) mass is 251 g/mol. The number of rotatable bonds is 1. The second kappa shape index (κ2) is 5.83. The highest BCUT2D eigenvalue weighted by Gasteiger charge is 2.06. The molecule has 2 aromatic rings. The van der Waals surface area contributed by atoms with Crippen molar-refractivity contribution in [1.82, 2.24) is 15.2 Å². The molecule has 0 aliphatic carbocycles. The summed E-state index contributed by atoms with van der Waals surface area (Å²) in [6.07, 6.45) is 3.74. The summed E-state index contributed by atoms with van der Waals surface area (Å²) < 4.78 is 0. The summed E-state index contributed by atoms with van der Waals surface area (Å²) in [6.45, 7) is 5.14. The Labute approximate surface area is 113 Å². The van der Waals surface area contributed by atoms with E-state index < -0.39 is 0 Å². The largest absolute Gasteiger partial charge is 0.314 e. The molecule has 1 aromatic heterocycles. The number of hydrogen-bond donors (Lipinski definition) is 1. The first kappa shape index (κ1) is 12.2. The number of hydrogen-bond acceptors (Lipinski definition) is 3. The van der Waals surface area contributed by atoms with Gasteiger partial charge in [0.2, 0.25) is 0 Å². The van der Waals surface area contributed by atoms with Gasteiger partial charge >= 0.3 is 0 Å². The fraction of sp³-hybridized carbons (Fsp3) is 0.312. The van der Waals surface area contributed by atoms with E-state index in [2.05, 4.69) is 39.2 Å². The van der Waals surface area contributed by atoms with Crippen LogP contribution >= 0.6 is 0 Å². The Morgan fingerprint density at radius 3 is 2.89 bits per heavy atom. The predicted octanol–water partition coefficient (Wildman–Crippen LogP) is 1.49. The number of nitrogens with one attached hydrogen (secondary N) is 1. The lowest BCUT2D eigenvalue weighted by Gasteiger charge is -2.24. The fourth-order valence-corrected chi connectivity index (χ4v) is 2.33. The third-order valence-corrected chi connectivity index (χ3v) is 3.40. The Balaban J connectivity index is 1.78. The van der Waals surface area contributed by atoms with Crippen molar-refractivity contribution in [3.63, 3.8) is 0 Å². The molecule has 0 saturated carbocycles. The summed E-state index contributed by atoms with van der Waals surface area (Å²) in [4.78, 5) is 6.63. The van der Waals surface area contributed by atoms with Gasteiger partial charge in [0, 0.05) is 49.3 Å². The van der Waals surface area contributed by atoms with Crippen molar-refractivity contribution >= 4 is 10.8 Å². The number of nitrogens with zero attached hydrogens (tertiary/aromatic N) is 2. The van der Waals surface area contributed by atoms with Crippen molar-refractivity contribution in [2.45, 2.75) is 0 Å². The summed E-state index contributed by atoms with van der Waals surface area (Å²) in [5.74, 6) is 6.53. The van der Waals surface area contributed by atoms with Crippen LogP contribution in [0.2, 0.25) is 0 Å². The van der Waals surface area contributed by atoms with Gasteiger partial charge in [-0.15, -0.1) is 0 Å². The molecule has 0 spiro atoms. The molecule has 1 saturated heterocycles. The SMILES string of the molecule is C(#Cc1cncc2ccccc12)CN1CCNCC1. The normalized spacial score (nSPS) is 16.0. The van der Waals surface area contributed by atoms with Crippen LogP contribution in [0.5, 0.6) is 0 Å². The molecule has 19 heavy (non-hydrogen) atoms. The zero-order valence-corrected chi connectivity index (χ0v) is 10.9. The first-order valence-corrected chi connectivity index (χ1v) is 6.68. The maximum atomic E-state index is 4.25. The smallest absolute Gasteiger partial charge is 0.0606 e. The van der Waals surface area contributed by atoms with Gasteiger partial charge in [-0.05, 0) is 0 Å². The van der Waals surface area contributed by atoms with Gasteiger partial charge in [0.1, 0.15) is 0 Å². The van der Waals surface area contributed by atoms with Crippen LogP contribution in [-0.4, -0.2) is 42.6 Å². The van der Waals surface area contributed by atoms with Crippen molar-refractivity contribution in [3.8, 4) is 11.8 Å². The molecular weight excluding hydrogens is 234 g/mol. The number of fused-ring (bicyclic) bond motifs is 1. The predicted molar refractivity (Wildman–Crippen MR) is 77.9 cm³/mol. The van der Waals surface area contributed by atoms with Crippen LogP contribution in [0.1, 0.15) is 5.56 Å². The van der Waals surface area contributed by atoms with Crippen molar-refractivity contribution in [2.24, 2.45) is 0 Å². The van der Waals surface area contributed by atoms with E-state index in [1.54, 1.807) is 0 Å². The van der Waals surface area contributed by atoms with Crippen LogP contribution in [0.4, 0.5) is 0 Å². The molecule has 0 unspecified atom stereocenters. The van der Waals surface area contributed by atoms with Gasteiger partial charge < -0.3 is 5.32 Å². The Kier molecular flexibility index (Phi) is 3.73. The molecule has 3 nitrogen and oxygen atoms in total. The topological polar surface area (TPSA) is 28.2 Å². The average Bonchev–Trinajstić information content (AvgIpc) is 2.49. The minimum absolute atomic E-state index is 0.838. The lowest BCUT2D eigenvalue weighted by molar-refractivity contribution is 0.268. The number of aromatic nitrogens is 1. The van der Waals surface area contributed by atoms with Gasteiger partial charge in [-0.3, -0.25) is 9.88 Å². The molecule has 0 radical (unpaired) electrons. The van der Waals surface area contributed by atoms with Crippen molar-refractivity contribution in [1.29, 1.82) is 0 Å². The van der Waals surface area contributed by atoms with Crippen LogP contribution in [0.15, 0.2) is 36.7 Å². The van der Waals surface area contributed by atoms with E-state index in [1.807, 2.05) is 24.5 Å². The van der Waals surface area contributed by atoms with E-state index in [4.69, 9.17) is 0 Å². The summed E-state index contributed by atoms with van der Waals surface area (Å²) in [5.41, 5.74) is 1.02. The second-order valence-corrected chi connectivity index (χ2v) is 4.74. The third-order valence-electron chi connectivity index (χ3n) is 3.40. The third kappa shape index (κ3) is 2.93. The lowest BCUT2D eigenvalue weighted by atomic mass is 10.1. The number of benzene rings is 1. The van der Waals surface area contributed by atoms with Crippen molar-refractivity contribution in [2.75, 3.05) is 32.7 Å². The number of pyridine rings is 1. The standard InChI is InChI=1S/C16H17N3/c1-2-6-16-14(4-1)12-18-13-15(16)5-3-9-19-10-7-17-8-11-19/h1-2,4,6,12-13,17H,7-11H2. The molecule has 0 bridgehead atoms. The molecule has 96 valence electrons. The van der Waals surface area contributed by atoms with Gasteiger partial charge in [0.15, 0.2) is 0 Å². The van der Waals surface area contributed by atoms with E-state index >= 15 is 0 Å². The fourth-order valence-electron chi connectivity index (χ4n) is 2.33. The quantitative estimate of drug-likeness (QED) is 0.778. The molecule has 1 aliphatic rings. The van der Waals surface area contributed by atoms with E-state index in [1.165, 1.54) is 5.39 Å². The highest BCUT2D eigenvalue weighted by Crippen LogP contribution is 2.15. The molecule has 3 heteroatoms. The molecule has 1 N–H and O–H groups in total. The van der Waals surface area contributed by atoms with Gasteiger partial charge in [0.25, 0.3) is 0 Å². The summed E-state index contributed by atoms with van der Waals surface area (Å²) in [6, 6.07) is 8.25. The Morgan fingerprint density at radius 2 is 2.00 bits per heavy atom. The van der Waals surface area contributed by atoms with E-state index in [-0.39, 0.29) is 0 Å². The average molecular weight is 251 g/mol. The van der Waals surface area contributed by atoms with Gasteiger partial charge in [-0.25, -0.2) is 0 Å². The molecule has 2 heterocycles. The zero-order valence-electron chi connectivity index (χ0n) is 10.9. The van der Waals surface area contributed by atoms with Crippen LogP contribution in [-0.2, 0) is 0 Å². The van der Waals surface area contributed by atoms with Crippen molar-refractivity contribution in [3.05, 3.63) is 42.2 Å². The van der Waals surface area contributed by atoms with E-state index in [9.17, 15) is 0 Å². The minimum Gasteiger partial charge on any atom is -0.314 e. The highest BCUT2D eigenvalue weighted by atomic mass is 15.2. The maximum Gasteiger partial charge on any atom is 0.0606 e. The highest BCUT2D eigenvalue weighted by molar-refractivity contribution is 5.87. The van der Waals surface area contributed by atoms with Gasteiger partial charge in [0.05, 0.1) is 12.1 Å². The van der Waals surface area contributed by atoms with Crippen LogP contribution < -0.4 is 5.32 Å². The summed E-state index contributed by atoms with van der Waals surface area (Å²) in [7, 11) is 0. The summed E-state index contributed by atoms with van der Waals surface area (Å²) in [5, 5.41) is 5.68. The molecule has 1 fully saturated rings. The van der Waals surface area contributed by atoms with E-state index in [0.717, 1.165) is 43.7 Å². The first-order chi connectivity index (χ1) is 9.43. The Morgan fingerprint density at radius 1 is 1.16 bits per heavy atom. The zero-order chi connectivity index (χ0) is 12.9. The Hall–Kier alpha value is -1.89. The van der Waals surface area contributed by atoms with Crippen LogP contribution in [0, 0.1) is 11.8 Å². The summed E-state index contributed by atoms with van der Waals surface area (Å²) >= 11 is 0. The molecule has 1 aromatic carbocycles. The van der Waals surface area contributed by atoms with Crippen LogP contribution in [0.25, 0.3) is 10.8 Å². The molecule has 3 rings (SSSR count). The first-order valence-electron chi connectivity index (χ1n) is 6.68. The second-order valence-electron chi connectivity index (χ2n) is 4.74. The Bertz CT molecular complexity index is 613. The van der Waals surface area contributed by atoms with Crippen molar-refractivity contribution < 1.29 is 0 Å². The number of piperazine rings is 1. The van der Waals surface area contributed by atoms with Gasteiger partial charge in [-0.2, -0.15) is 0 Å². The molecule has 0 amide bonds.